The third kappa shape index (κ3) is 13.9. The van der Waals surface area contributed by atoms with Crippen molar-refractivity contribution >= 4 is 23.5 Å². The smallest absolute Gasteiger partial charge is 0.217 e. The molecular weight excluding hydrogens is 318 g/mol. The van der Waals surface area contributed by atoms with E-state index >= 15 is 0 Å². The molecule has 0 aromatic carbocycles. The van der Waals surface area contributed by atoms with Gasteiger partial charge in [-0.25, -0.2) is 0 Å². The minimum atomic E-state index is -0.323. The molecule has 0 unspecified atom stereocenters. The fourth-order valence-corrected chi connectivity index (χ4v) is 3.79. The fourth-order valence-electron chi connectivity index (χ4n) is 2.74. The van der Waals surface area contributed by atoms with Crippen molar-refractivity contribution in [3.8, 4) is 0 Å². The average Bonchev–Trinajstić information content (AvgIpc) is 2.53. The van der Waals surface area contributed by atoms with Crippen LogP contribution in [0.3, 0.4) is 0 Å². The molecule has 1 N–H and O–H groups in total. The van der Waals surface area contributed by atoms with Crippen LogP contribution in [0.1, 0.15) is 91.9 Å². The van der Waals surface area contributed by atoms with E-state index in [4.69, 9.17) is 0 Å². The number of carbonyl (C=O) groups excluding carboxylic acids is 2. The summed E-state index contributed by atoms with van der Waals surface area (Å²) in [5.41, 5.74) is 0. The summed E-state index contributed by atoms with van der Waals surface area (Å²) in [6, 6.07) is -0.323. The van der Waals surface area contributed by atoms with Gasteiger partial charge in [0.1, 0.15) is 0 Å². The molecule has 1 atom stereocenters. The number of hydrogen-bond acceptors (Lipinski definition) is 3. The van der Waals surface area contributed by atoms with Crippen LogP contribution in [0.2, 0.25) is 0 Å². The van der Waals surface area contributed by atoms with E-state index < -0.39 is 0 Å². The van der Waals surface area contributed by atoms with Crippen LogP contribution in [0.15, 0.2) is 0 Å². The first-order valence-electron chi connectivity index (χ1n) is 9.87. The minimum absolute atomic E-state index is 0.0280. The molecule has 0 spiro atoms. The molecule has 0 bridgehead atoms. The number of amides is 1. The summed E-state index contributed by atoms with van der Waals surface area (Å²) in [5, 5.41) is 2.79. The van der Waals surface area contributed by atoms with Gasteiger partial charge in [0.05, 0.1) is 6.04 Å². The summed E-state index contributed by atoms with van der Waals surface area (Å²) in [7, 11) is 0. The Morgan fingerprint density at radius 1 is 0.875 bits per heavy atom. The van der Waals surface area contributed by atoms with Crippen LogP contribution >= 0.6 is 11.8 Å². The second kappa shape index (κ2) is 16.0. The number of hydrogen-bond donors (Lipinski definition) is 1. The van der Waals surface area contributed by atoms with Crippen molar-refractivity contribution in [2.45, 2.75) is 97.9 Å². The van der Waals surface area contributed by atoms with Gasteiger partial charge in [-0.2, -0.15) is 11.8 Å². The van der Waals surface area contributed by atoms with Crippen molar-refractivity contribution in [2.75, 3.05) is 11.5 Å². The number of carbonyl (C=O) groups is 2. The second-order valence-corrected chi connectivity index (χ2v) is 8.22. The number of ketones is 1. The van der Waals surface area contributed by atoms with Gasteiger partial charge in [-0.05, 0) is 12.2 Å². The van der Waals surface area contributed by atoms with Crippen molar-refractivity contribution in [3.05, 3.63) is 0 Å². The summed E-state index contributed by atoms with van der Waals surface area (Å²) in [4.78, 5) is 23.3. The molecule has 0 aliphatic heterocycles. The third-order valence-electron chi connectivity index (χ3n) is 4.22. The largest absolute Gasteiger partial charge is 0.346 e. The predicted molar refractivity (Wildman–Crippen MR) is 107 cm³/mol. The second-order valence-electron chi connectivity index (χ2n) is 7.07. The Balaban J connectivity index is 3.58. The number of thioether (sulfide) groups is 1. The minimum Gasteiger partial charge on any atom is -0.346 e. The molecule has 1 amide bonds. The molecule has 0 fully saturated rings. The molecule has 0 rings (SSSR count). The molecule has 0 aromatic heterocycles. The van der Waals surface area contributed by atoms with E-state index in [1.54, 1.807) is 11.8 Å². The van der Waals surface area contributed by atoms with E-state index in [0.717, 1.165) is 5.75 Å². The van der Waals surface area contributed by atoms with Crippen molar-refractivity contribution in [1.82, 2.24) is 5.32 Å². The van der Waals surface area contributed by atoms with Gasteiger partial charge in [0.2, 0.25) is 5.91 Å². The Kier molecular flexibility index (Phi) is 15.6. The molecular formula is C20H39NO2S. The maximum Gasteiger partial charge on any atom is 0.217 e. The normalized spacial score (nSPS) is 12.4. The zero-order valence-corrected chi connectivity index (χ0v) is 17.2. The van der Waals surface area contributed by atoms with Crippen molar-refractivity contribution in [2.24, 2.45) is 5.92 Å². The first-order chi connectivity index (χ1) is 11.5. The Bertz CT molecular complexity index is 332. The maximum atomic E-state index is 12.1. The number of unbranched alkanes of at least 4 members (excludes halogenated alkanes) is 9. The van der Waals surface area contributed by atoms with Crippen LogP contribution in [-0.2, 0) is 9.59 Å². The highest BCUT2D eigenvalue weighted by Crippen LogP contribution is 2.14. The Morgan fingerprint density at radius 3 is 1.83 bits per heavy atom. The molecule has 0 aromatic rings. The number of Topliss-reactive ketones (excluding diaryl/α,β-unsaturated/α-hetero) is 1. The Labute approximate surface area is 154 Å². The molecule has 3 nitrogen and oxygen atoms in total. The highest BCUT2D eigenvalue weighted by atomic mass is 32.2. The van der Waals surface area contributed by atoms with Crippen molar-refractivity contribution in [3.63, 3.8) is 0 Å². The first-order valence-corrected chi connectivity index (χ1v) is 11.0. The molecule has 4 heteroatoms. The highest BCUT2D eigenvalue weighted by Gasteiger charge is 2.21. The molecule has 0 aliphatic carbocycles. The standard InChI is InChI=1S/C20H39NO2S/c1-5-6-7-8-9-10-11-12-13-14-15-24-16-19(21-18(4)22)20(23)17(2)3/h17,19H,5-16H2,1-4H3,(H,21,22)/t19-/m1/s1. The van der Waals surface area contributed by atoms with Gasteiger partial charge in [-0.3, -0.25) is 9.59 Å². The number of nitrogens with one attached hydrogen (secondary N) is 1. The topological polar surface area (TPSA) is 46.2 Å². The maximum absolute atomic E-state index is 12.1. The van der Waals surface area contributed by atoms with Crippen LogP contribution in [0, 0.1) is 5.92 Å². The zero-order chi connectivity index (χ0) is 18.2. The fraction of sp³-hybridized carbons (Fsp3) is 0.900. The monoisotopic (exact) mass is 357 g/mol. The first kappa shape index (κ1) is 23.5. The van der Waals surface area contributed by atoms with Gasteiger partial charge >= 0.3 is 0 Å². The molecule has 142 valence electrons. The van der Waals surface area contributed by atoms with Gasteiger partial charge in [0, 0.05) is 18.6 Å². The molecule has 24 heavy (non-hydrogen) atoms. The van der Waals surface area contributed by atoms with Crippen LogP contribution in [0.4, 0.5) is 0 Å². The van der Waals surface area contributed by atoms with E-state index in [-0.39, 0.29) is 23.7 Å². The van der Waals surface area contributed by atoms with Crippen LogP contribution in [-0.4, -0.2) is 29.2 Å². The van der Waals surface area contributed by atoms with Gasteiger partial charge in [0.15, 0.2) is 5.78 Å². The van der Waals surface area contributed by atoms with E-state index in [2.05, 4.69) is 12.2 Å². The van der Waals surface area contributed by atoms with Crippen molar-refractivity contribution < 1.29 is 9.59 Å². The summed E-state index contributed by atoms with van der Waals surface area (Å²) in [6.45, 7) is 7.52. The lowest BCUT2D eigenvalue weighted by atomic mass is 10.0. The van der Waals surface area contributed by atoms with E-state index in [0.29, 0.717) is 5.75 Å². The predicted octanol–water partition coefficient (Wildman–Crippen LogP) is 5.37. The van der Waals surface area contributed by atoms with Crippen LogP contribution in [0.5, 0.6) is 0 Å². The molecule has 0 radical (unpaired) electrons. The van der Waals surface area contributed by atoms with E-state index in [9.17, 15) is 9.59 Å². The lowest BCUT2D eigenvalue weighted by molar-refractivity contribution is -0.128. The van der Waals surface area contributed by atoms with Gasteiger partial charge < -0.3 is 5.32 Å². The van der Waals surface area contributed by atoms with Gasteiger partial charge in [-0.1, -0.05) is 78.6 Å². The van der Waals surface area contributed by atoms with Crippen LogP contribution < -0.4 is 5.32 Å². The number of rotatable bonds is 16. The third-order valence-corrected chi connectivity index (χ3v) is 5.36. The Hall–Kier alpha value is -0.510. The summed E-state index contributed by atoms with van der Waals surface area (Å²) in [6.07, 6.45) is 13.5. The average molecular weight is 358 g/mol. The van der Waals surface area contributed by atoms with Gasteiger partial charge in [0.25, 0.3) is 0 Å². The van der Waals surface area contributed by atoms with Gasteiger partial charge in [-0.15, -0.1) is 0 Å². The molecule has 0 saturated carbocycles. The summed E-state index contributed by atoms with van der Waals surface area (Å²) < 4.78 is 0. The summed E-state index contributed by atoms with van der Waals surface area (Å²) >= 11 is 1.79. The van der Waals surface area contributed by atoms with E-state index in [1.165, 1.54) is 71.1 Å². The van der Waals surface area contributed by atoms with E-state index in [1.807, 2.05) is 13.8 Å². The lowest BCUT2D eigenvalue weighted by Crippen LogP contribution is -2.43. The molecule has 0 saturated heterocycles. The quantitative estimate of drug-likeness (QED) is 0.378. The lowest BCUT2D eigenvalue weighted by Gasteiger charge is -2.18. The highest BCUT2D eigenvalue weighted by molar-refractivity contribution is 7.99. The Morgan fingerprint density at radius 2 is 1.38 bits per heavy atom. The SMILES string of the molecule is CCCCCCCCCCCCSC[C@@H](NC(C)=O)C(=O)C(C)C. The molecule has 0 heterocycles. The van der Waals surface area contributed by atoms with Crippen molar-refractivity contribution in [1.29, 1.82) is 0 Å². The zero-order valence-electron chi connectivity index (χ0n) is 16.4. The molecule has 0 aliphatic rings. The van der Waals surface area contributed by atoms with Crippen LogP contribution in [0.25, 0.3) is 0 Å². The summed E-state index contributed by atoms with van der Waals surface area (Å²) in [5.74, 6) is 1.78.